The number of pyridine rings is 1. The first-order chi connectivity index (χ1) is 14.5. The van der Waals surface area contributed by atoms with Gasteiger partial charge in [0.05, 0.1) is 11.6 Å². The number of aliphatic hydroxyl groups is 1. The van der Waals surface area contributed by atoms with Gasteiger partial charge in [-0.3, -0.25) is 19.5 Å². The molecule has 1 atom stereocenters. The Hall–Kier alpha value is -3.93. The molecule has 0 bridgehead atoms. The molecule has 4 rings (SSSR count). The van der Waals surface area contributed by atoms with Crippen LogP contribution in [0.5, 0.6) is 5.75 Å². The van der Waals surface area contributed by atoms with Crippen molar-refractivity contribution in [1.29, 1.82) is 0 Å². The summed E-state index contributed by atoms with van der Waals surface area (Å²) in [5.41, 5.74) is 2.65. The predicted molar refractivity (Wildman–Crippen MR) is 113 cm³/mol. The second-order valence-corrected chi connectivity index (χ2v) is 7.02. The summed E-state index contributed by atoms with van der Waals surface area (Å²) in [5.74, 6) is -1.67. The number of benzene rings is 2. The van der Waals surface area contributed by atoms with Gasteiger partial charge in [-0.25, -0.2) is 0 Å². The Morgan fingerprint density at radius 2 is 1.60 bits per heavy atom. The van der Waals surface area contributed by atoms with Crippen molar-refractivity contribution >= 4 is 23.1 Å². The van der Waals surface area contributed by atoms with Gasteiger partial charge in [0, 0.05) is 23.6 Å². The molecule has 2 aromatic carbocycles. The van der Waals surface area contributed by atoms with E-state index in [2.05, 4.69) is 4.98 Å². The van der Waals surface area contributed by atoms with Gasteiger partial charge >= 0.3 is 0 Å². The zero-order valence-corrected chi connectivity index (χ0v) is 16.3. The minimum Gasteiger partial charge on any atom is -0.508 e. The Kier molecular flexibility index (Phi) is 5.06. The highest BCUT2D eigenvalue weighted by Crippen LogP contribution is 2.42. The molecular weight excluding hydrogens is 380 g/mol. The SMILES string of the molecule is CCc1ccc(N2C(=O)C(=O)/C(=C(\O)c3ccncc3)C2c2ccc(O)cc2)cc1. The first kappa shape index (κ1) is 19.4. The molecule has 1 amide bonds. The fourth-order valence-corrected chi connectivity index (χ4v) is 3.63. The van der Waals surface area contributed by atoms with Gasteiger partial charge < -0.3 is 10.2 Å². The standard InChI is InChI=1S/C24H20N2O4/c1-2-15-3-7-18(8-4-15)26-21(16-5-9-19(27)10-6-16)20(23(29)24(26)30)22(28)17-11-13-25-14-12-17/h3-14,21,27-28H,2H2,1H3/b22-20-. The summed E-state index contributed by atoms with van der Waals surface area (Å²) in [5, 5.41) is 20.6. The number of hydrogen-bond donors (Lipinski definition) is 2. The fourth-order valence-electron chi connectivity index (χ4n) is 3.63. The molecule has 1 aliphatic rings. The average Bonchev–Trinajstić information content (AvgIpc) is 3.05. The molecule has 0 saturated carbocycles. The Balaban J connectivity index is 1.92. The molecule has 150 valence electrons. The average molecular weight is 400 g/mol. The molecule has 1 unspecified atom stereocenters. The molecule has 6 heteroatoms. The normalized spacial score (nSPS) is 18.0. The van der Waals surface area contributed by atoms with E-state index in [1.165, 1.54) is 29.4 Å². The van der Waals surface area contributed by atoms with E-state index in [1.54, 1.807) is 36.4 Å². The number of ketones is 1. The lowest BCUT2D eigenvalue weighted by atomic mass is 9.95. The van der Waals surface area contributed by atoms with E-state index >= 15 is 0 Å². The van der Waals surface area contributed by atoms with Gasteiger partial charge in [0.2, 0.25) is 0 Å². The number of phenolic OH excluding ortho intramolecular Hbond substituents is 1. The smallest absolute Gasteiger partial charge is 0.300 e. The quantitative estimate of drug-likeness (QED) is 0.393. The number of carbonyl (C=O) groups is 2. The van der Waals surface area contributed by atoms with Gasteiger partial charge in [0.25, 0.3) is 11.7 Å². The number of rotatable bonds is 4. The number of aliphatic hydroxyl groups excluding tert-OH is 1. The molecule has 1 aliphatic heterocycles. The monoisotopic (exact) mass is 400 g/mol. The summed E-state index contributed by atoms with van der Waals surface area (Å²) in [6.45, 7) is 2.03. The van der Waals surface area contributed by atoms with Crippen LogP contribution in [0, 0.1) is 0 Å². The predicted octanol–water partition coefficient (Wildman–Crippen LogP) is 3.98. The van der Waals surface area contributed by atoms with Crippen LogP contribution in [-0.4, -0.2) is 26.9 Å². The highest BCUT2D eigenvalue weighted by atomic mass is 16.3. The zero-order valence-electron chi connectivity index (χ0n) is 16.3. The van der Waals surface area contributed by atoms with E-state index in [9.17, 15) is 19.8 Å². The molecule has 0 aliphatic carbocycles. The second kappa shape index (κ2) is 7.83. The van der Waals surface area contributed by atoms with Gasteiger partial charge in [0.1, 0.15) is 11.5 Å². The minimum absolute atomic E-state index is 0.00328. The number of carbonyl (C=O) groups excluding carboxylic acids is 2. The molecule has 30 heavy (non-hydrogen) atoms. The Morgan fingerprint density at radius 1 is 0.967 bits per heavy atom. The number of Topliss-reactive ketones (excluding diaryl/α,β-unsaturated/α-hetero) is 1. The third kappa shape index (κ3) is 3.33. The summed E-state index contributed by atoms with van der Waals surface area (Å²) in [6.07, 6.45) is 3.86. The van der Waals surface area contributed by atoms with Gasteiger partial charge in [0.15, 0.2) is 0 Å². The molecule has 0 radical (unpaired) electrons. The van der Waals surface area contributed by atoms with Crippen molar-refractivity contribution in [2.45, 2.75) is 19.4 Å². The van der Waals surface area contributed by atoms with Crippen molar-refractivity contribution in [3.8, 4) is 5.75 Å². The highest BCUT2D eigenvalue weighted by molar-refractivity contribution is 6.51. The van der Waals surface area contributed by atoms with Crippen molar-refractivity contribution in [3.63, 3.8) is 0 Å². The summed E-state index contributed by atoms with van der Waals surface area (Å²) in [7, 11) is 0. The van der Waals surface area contributed by atoms with Gasteiger partial charge in [-0.1, -0.05) is 31.2 Å². The fraction of sp³-hybridized carbons (Fsp3) is 0.125. The minimum atomic E-state index is -0.828. The number of anilines is 1. The van der Waals surface area contributed by atoms with Crippen LogP contribution >= 0.6 is 0 Å². The molecule has 0 spiro atoms. The van der Waals surface area contributed by atoms with E-state index in [1.807, 2.05) is 19.1 Å². The lowest BCUT2D eigenvalue weighted by Crippen LogP contribution is -2.29. The Morgan fingerprint density at radius 3 is 2.20 bits per heavy atom. The molecule has 3 aromatic rings. The largest absolute Gasteiger partial charge is 0.508 e. The number of hydrogen-bond acceptors (Lipinski definition) is 5. The first-order valence-electron chi connectivity index (χ1n) is 9.60. The van der Waals surface area contributed by atoms with Crippen LogP contribution < -0.4 is 4.90 Å². The molecule has 1 aromatic heterocycles. The number of amides is 1. The molecular formula is C24H20N2O4. The van der Waals surface area contributed by atoms with Crippen molar-refractivity contribution in [3.05, 3.63) is 95.3 Å². The van der Waals surface area contributed by atoms with Gasteiger partial charge in [-0.05, 0) is 53.9 Å². The number of aromatic nitrogens is 1. The van der Waals surface area contributed by atoms with Crippen LogP contribution in [0.4, 0.5) is 5.69 Å². The molecule has 1 fully saturated rings. The van der Waals surface area contributed by atoms with Crippen LogP contribution in [0.1, 0.15) is 29.7 Å². The number of aryl methyl sites for hydroxylation is 1. The van der Waals surface area contributed by atoms with E-state index in [4.69, 9.17) is 0 Å². The highest BCUT2D eigenvalue weighted by Gasteiger charge is 2.46. The van der Waals surface area contributed by atoms with Crippen molar-refractivity contribution in [2.75, 3.05) is 4.90 Å². The summed E-state index contributed by atoms with van der Waals surface area (Å²) >= 11 is 0. The third-order valence-electron chi connectivity index (χ3n) is 5.23. The second-order valence-electron chi connectivity index (χ2n) is 7.02. The van der Waals surface area contributed by atoms with Crippen LogP contribution in [0.25, 0.3) is 5.76 Å². The van der Waals surface area contributed by atoms with Gasteiger partial charge in [-0.15, -0.1) is 0 Å². The van der Waals surface area contributed by atoms with E-state index in [0.717, 1.165) is 12.0 Å². The maximum absolute atomic E-state index is 13.0. The Labute approximate surface area is 173 Å². The third-order valence-corrected chi connectivity index (χ3v) is 5.23. The maximum atomic E-state index is 13.0. The van der Waals surface area contributed by atoms with E-state index < -0.39 is 17.7 Å². The van der Waals surface area contributed by atoms with Crippen LogP contribution in [0.15, 0.2) is 78.6 Å². The number of phenols is 1. The van der Waals surface area contributed by atoms with Crippen molar-refractivity contribution < 1.29 is 19.8 Å². The van der Waals surface area contributed by atoms with Crippen LogP contribution in [-0.2, 0) is 16.0 Å². The maximum Gasteiger partial charge on any atom is 0.300 e. The summed E-state index contributed by atoms with van der Waals surface area (Å²) < 4.78 is 0. The van der Waals surface area contributed by atoms with E-state index in [-0.39, 0.29) is 17.1 Å². The molecule has 2 N–H and O–H groups in total. The van der Waals surface area contributed by atoms with Crippen LogP contribution in [0.2, 0.25) is 0 Å². The van der Waals surface area contributed by atoms with Crippen LogP contribution in [0.3, 0.4) is 0 Å². The van der Waals surface area contributed by atoms with Crippen molar-refractivity contribution in [2.24, 2.45) is 0 Å². The van der Waals surface area contributed by atoms with E-state index in [0.29, 0.717) is 16.8 Å². The number of aromatic hydroxyl groups is 1. The molecule has 1 saturated heterocycles. The first-order valence-corrected chi connectivity index (χ1v) is 9.60. The van der Waals surface area contributed by atoms with Gasteiger partial charge in [-0.2, -0.15) is 0 Å². The topological polar surface area (TPSA) is 90.7 Å². The zero-order chi connectivity index (χ0) is 21.3. The van der Waals surface area contributed by atoms with Crippen molar-refractivity contribution in [1.82, 2.24) is 4.98 Å². The number of nitrogens with zero attached hydrogens (tertiary/aromatic N) is 2. The molecule has 6 nitrogen and oxygen atoms in total. The summed E-state index contributed by atoms with van der Waals surface area (Å²) in [4.78, 5) is 31.4. The lowest BCUT2D eigenvalue weighted by Gasteiger charge is -2.25. The summed E-state index contributed by atoms with van der Waals surface area (Å²) in [6, 6.07) is 16.0. The lowest BCUT2D eigenvalue weighted by molar-refractivity contribution is -0.132. The molecule has 2 heterocycles. The Bertz CT molecular complexity index is 1120.